The summed E-state index contributed by atoms with van der Waals surface area (Å²) >= 11 is 0. The molecule has 3 nitrogen and oxygen atoms in total. The van der Waals surface area contributed by atoms with Crippen molar-refractivity contribution >= 4 is 22.4 Å². The maximum absolute atomic E-state index is 8.41. The second kappa shape index (κ2) is 5.50. The lowest BCUT2D eigenvalue weighted by Crippen LogP contribution is -2.36. The smallest absolute Gasteiger partial charge is 0.119 e. The highest BCUT2D eigenvalue weighted by molar-refractivity contribution is 5.85. The highest BCUT2D eigenvalue weighted by Gasteiger charge is 2.44. The minimum Gasteiger partial charge on any atom is -0.337 e. The summed E-state index contributed by atoms with van der Waals surface area (Å²) in [5.74, 6) is 1.03. The van der Waals surface area contributed by atoms with Crippen molar-refractivity contribution < 1.29 is 4.11 Å². The first kappa shape index (κ1) is 14.0. The first-order valence-corrected chi connectivity index (χ1v) is 10.2. The van der Waals surface area contributed by atoms with E-state index in [4.69, 9.17) is 9.10 Å². The van der Waals surface area contributed by atoms with Crippen molar-refractivity contribution in [2.75, 3.05) is 4.90 Å². The third kappa shape index (κ3) is 2.05. The fraction of sp³-hybridized carbons (Fsp3) is 0.269. The van der Waals surface area contributed by atoms with Gasteiger partial charge in [0, 0.05) is 33.2 Å². The Balaban J connectivity index is 1.60. The van der Waals surface area contributed by atoms with Crippen LogP contribution in [0.5, 0.6) is 0 Å². The molecule has 3 heteroatoms. The predicted octanol–water partition coefficient (Wildman–Crippen LogP) is 6.06. The summed E-state index contributed by atoms with van der Waals surface area (Å²) in [5, 5.41) is 0. The second-order valence-electron chi connectivity index (χ2n) is 8.52. The van der Waals surface area contributed by atoms with Gasteiger partial charge in [0.1, 0.15) is 5.82 Å². The van der Waals surface area contributed by atoms with Gasteiger partial charge >= 0.3 is 0 Å². The predicted molar refractivity (Wildman–Crippen MR) is 120 cm³/mol. The van der Waals surface area contributed by atoms with Crippen molar-refractivity contribution in [2.24, 2.45) is 0 Å². The zero-order valence-electron chi connectivity index (χ0n) is 19.9. The van der Waals surface area contributed by atoms with Gasteiger partial charge in [-0.25, -0.2) is 4.98 Å². The largest absolute Gasteiger partial charge is 0.337 e. The molecule has 1 aromatic heterocycles. The number of anilines is 2. The minimum absolute atomic E-state index is 0.220. The van der Waals surface area contributed by atoms with Crippen LogP contribution in [-0.4, -0.2) is 15.6 Å². The lowest BCUT2D eigenvalue weighted by Gasteiger charge is -2.34. The fourth-order valence-electron chi connectivity index (χ4n) is 5.21. The molecule has 2 aliphatic heterocycles. The first-order chi connectivity index (χ1) is 15.2. The molecule has 0 spiro atoms. The van der Waals surface area contributed by atoms with Gasteiger partial charge in [0.05, 0.1) is 22.4 Å². The number of imidazole rings is 1. The lowest BCUT2D eigenvalue weighted by atomic mass is 9.81. The van der Waals surface area contributed by atoms with Gasteiger partial charge < -0.3 is 4.90 Å². The quantitative estimate of drug-likeness (QED) is 0.351. The number of aryl methyl sites for hydroxylation is 1. The van der Waals surface area contributed by atoms with Gasteiger partial charge in [0.2, 0.25) is 0 Å². The van der Waals surface area contributed by atoms with Gasteiger partial charge in [-0.1, -0.05) is 50.2 Å². The summed E-state index contributed by atoms with van der Waals surface area (Å²) < 4.78 is 27.5. The van der Waals surface area contributed by atoms with Crippen molar-refractivity contribution in [1.82, 2.24) is 9.55 Å². The van der Waals surface area contributed by atoms with Crippen LogP contribution in [0.2, 0.25) is 0 Å². The van der Waals surface area contributed by atoms with Gasteiger partial charge in [-0.2, -0.15) is 0 Å². The van der Waals surface area contributed by atoms with Crippen LogP contribution in [0.4, 0.5) is 11.4 Å². The molecule has 144 valence electrons. The summed E-state index contributed by atoms with van der Waals surface area (Å²) in [5.41, 5.74) is 7.66. The van der Waals surface area contributed by atoms with Crippen molar-refractivity contribution in [3.05, 3.63) is 83.2 Å². The molecule has 2 unspecified atom stereocenters. The Morgan fingerprint density at radius 3 is 2.69 bits per heavy atom. The van der Waals surface area contributed by atoms with E-state index in [1.54, 1.807) is 0 Å². The number of hydrogen-bond acceptors (Lipinski definition) is 2. The maximum atomic E-state index is 8.41. The highest BCUT2D eigenvalue weighted by atomic mass is 15.2. The van der Waals surface area contributed by atoms with Crippen LogP contribution < -0.4 is 4.90 Å². The van der Waals surface area contributed by atoms with E-state index >= 15 is 0 Å². The van der Waals surface area contributed by atoms with Crippen molar-refractivity contribution in [3.8, 4) is 5.69 Å². The summed E-state index contributed by atoms with van der Waals surface area (Å²) in [4.78, 5) is 7.16. The molecular formula is C26H25N3. The number of rotatable bonds is 1. The fourth-order valence-corrected chi connectivity index (χ4v) is 5.21. The molecule has 0 N–H and O–H groups in total. The van der Waals surface area contributed by atoms with Crippen LogP contribution in [0.25, 0.3) is 16.7 Å². The van der Waals surface area contributed by atoms with Gasteiger partial charge in [0.15, 0.2) is 0 Å². The van der Waals surface area contributed by atoms with E-state index in [-0.39, 0.29) is 6.04 Å². The summed E-state index contributed by atoms with van der Waals surface area (Å²) in [6, 6.07) is 20.3. The SMILES string of the molecule is [2H]C([2H])([2H])C1(C)c2ccccc2N(c2c(C)ccc3c2Cc2nc4ccccc4n2-3)C1C. The van der Waals surface area contributed by atoms with Gasteiger partial charge in [-0.3, -0.25) is 4.57 Å². The van der Waals surface area contributed by atoms with E-state index in [9.17, 15) is 0 Å². The van der Waals surface area contributed by atoms with Crippen LogP contribution in [0, 0.1) is 6.92 Å². The third-order valence-electron chi connectivity index (χ3n) is 6.85. The molecule has 4 aromatic rings. The van der Waals surface area contributed by atoms with E-state index in [0.717, 1.165) is 51.5 Å². The molecule has 0 bridgehead atoms. The standard InChI is InChI=1S/C26H25N3/c1-16-13-14-21-18(15-24-27-20-10-6-8-12-23(20)29(21)24)25(16)28-17(2)26(3,4)19-9-5-7-11-22(19)28/h5-14,17H,15H2,1-4H3/i3D3. The molecule has 0 aliphatic carbocycles. The molecule has 0 saturated carbocycles. The number of hydrogen-bond donors (Lipinski definition) is 0. The summed E-state index contributed by atoms with van der Waals surface area (Å²) in [6.07, 6.45) is 0.733. The maximum Gasteiger partial charge on any atom is 0.119 e. The Bertz CT molecular complexity index is 1400. The molecule has 29 heavy (non-hydrogen) atoms. The molecule has 0 fully saturated rings. The molecule has 2 atom stereocenters. The van der Waals surface area contributed by atoms with Crippen LogP contribution in [-0.2, 0) is 11.8 Å². The topological polar surface area (TPSA) is 21.1 Å². The molecule has 0 radical (unpaired) electrons. The van der Waals surface area contributed by atoms with Gasteiger partial charge in [-0.15, -0.1) is 0 Å². The van der Waals surface area contributed by atoms with Crippen molar-refractivity contribution in [1.29, 1.82) is 0 Å². The van der Waals surface area contributed by atoms with Gasteiger partial charge in [0.25, 0.3) is 0 Å². The Labute approximate surface area is 175 Å². The number of aromatic nitrogens is 2. The Kier molecular flexibility index (Phi) is 2.66. The monoisotopic (exact) mass is 382 g/mol. The molecule has 2 aliphatic rings. The summed E-state index contributed by atoms with van der Waals surface area (Å²) in [6.45, 7) is 3.94. The molecular weight excluding hydrogens is 354 g/mol. The first-order valence-electron chi connectivity index (χ1n) is 11.7. The van der Waals surface area contributed by atoms with E-state index in [2.05, 4.69) is 46.7 Å². The Morgan fingerprint density at radius 2 is 1.83 bits per heavy atom. The van der Waals surface area contributed by atoms with E-state index < -0.39 is 12.3 Å². The third-order valence-corrected chi connectivity index (χ3v) is 6.85. The van der Waals surface area contributed by atoms with E-state index in [1.807, 2.05) is 44.2 Å². The molecule has 0 saturated heterocycles. The highest BCUT2D eigenvalue weighted by Crippen LogP contribution is 2.51. The van der Waals surface area contributed by atoms with Crippen LogP contribution >= 0.6 is 0 Å². The van der Waals surface area contributed by atoms with Crippen molar-refractivity contribution in [2.45, 2.75) is 45.5 Å². The Morgan fingerprint density at radius 1 is 1.03 bits per heavy atom. The average molecular weight is 383 g/mol. The van der Waals surface area contributed by atoms with E-state index in [1.165, 1.54) is 5.56 Å². The number of benzene rings is 3. The zero-order valence-corrected chi connectivity index (χ0v) is 16.9. The molecule has 3 aromatic carbocycles. The van der Waals surface area contributed by atoms with E-state index in [0.29, 0.717) is 0 Å². The Hall–Kier alpha value is -3.07. The minimum atomic E-state index is -2.12. The van der Waals surface area contributed by atoms with Crippen LogP contribution in [0.1, 0.15) is 47.3 Å². The lowest BCUT2D eigenvalue weighted by molar-refractivity contribution is 0.461. The summed E-state index contributed by atoms with van der Waals surface area (Å²) in [7, 11) is 0. The number of nitrogens with zero attached hydrogens (tertiary/aromatic N) is 3. The average Bonchev–Trinajstić information content (AvgIpc) is 3.36. The molecule has 0 amide bonds. The second-order valence-corrected chi connectivity index (χ2v) is 8.52. The number of para-hydroxylation sites is 3. The zero-order chi connectivity index (χ0) is 22.4. The van der Waals surface area contributed by atoms with Crippen molar-refractivity contribution in [3.63, 3.8) is 0 Å². The molecule has 3 heterocycles. The number of fused-ring (bicyclic) bond motifs is 6. The van der Waals surface area contributed by atoms with Crippen LogP contribution in [0.3, 0.4) is 0 Å². The van der Waals surface area contributed by atoms with Crippen LogP contribution in [0.15, 0.2) is 60.7 Å². The molecule has 6 rings (SSSR count). The normalized spacial score (nSPS) is 24.0. The van der Waals surface area contributed by atoms with Gasteiger partial charge in [-0.05, 0) is 49.2 Å².